The number of piperidine rings is 1. The van der Waals surface area contributed by atoms with E-state index in [2.05, 4.69) is 20.3 Å². The minimum atomic E-state index is -3.97. The SMILES string of the molecule is CCCn1ncc(S(=O)(=O)N2CCC3Cc4c(cnn4-c4ccc(F)cc4)CC3(C(=O)c3ccccn3)C2)n1. The predicted octanol–water partition coefficient (Wildman–Crippen LogP) is 3.09. The Morgan fingerprint density at radius 2 is 1.95 bits per heavy atom. The third kappa shape index (κ3) is 4.37. The van der Waals surface area contributed by atoms with E-state index in [1.165, 1.54) is 27.4 Å². The third-order valence-corrected chi connectivity index (χ3v) is 9.54. The van der Waals surface area contributed by atoms with Crippen molar-refractivity contribution in [2.75, 3.05) is 13.1 Å². The molecule has 0 amide bonds. The van der Waals surface area contributed by atoms with Gasteiger partial charge in [-0.05, 0) is 73.6 Å². The van der Waals surface area contributed by atoms with Crippen molar-refractivity contribution in [3.05, 3.63) is 83.8 Å². The van der Waals surface area contributed by atoms with Crippen molar-refractivity contribution in [3.63, 3.8) is 0 Å². The van der Waals surface area contributed by atoms with Gasteiger partial charge in [-0.25, -0.2) is 17.5 Å². The third-order valence-electron chi connectivity index (χ3n) is 7.83. The first-order chi connectivity index (χ1) is 18.8. The lowest BCUT2D eigenvalue weighted by molar-refractivity contribution is 0.0394. The molecular weight excluding hydrogens is 521 g/mol. The highest BCUT2D eigenvalue weighted by Crippen LogP contribution is 2.48. The molecule has 6 rings (SSSR count). The Hall–Kier alpha value is -3.77. The molecule has 3 aromatic heterocycles. The smallest absolute Gasteiger partial charge is 0.264 e. The molecule has 1 saturated heterocycles. The van der Waals surface area contributed by atoms with Crippen LogP contribution in [0.15, 0.2) is 66.1 Å². The normalized spacial score (nSPS) is 21.3. The van der Waals surface area contributed by atoms with Gasteiger partial charge in [-0.1, -0.05) is 13.0 Å². The van der Waals surface area contributed by atoms with Gasteiger partial charge in [0.2, 0.25) is 5.03 Å². The number of hydrogen-bond donors (Lipinski definition) is 0. The van der Waals surface area contributed by atoms with Crippen LogP contribution in [0.2, 0.25) is 0 Å². The van der Waals surface area contributed by atoms with E-state index in [9.17, 15) is 17.6 Å². The summed E-state index contributed by atoms with van der Waals surface area (Å²) < 4.78 is 44.1. The fourth-order valence-corrected chi connectivity index (χ4v) is 7.27. The first-order valence-electron chi connectivity index (χ1n) is 13.0. The highest BCUT2D eigenvalue weighted by molar-refractivity contribution is 7.89. The highest BCUT2D eigenvalue weighted by Gasteiger charge is 2.55. The van der Waals surface area contributed by atoms with Gasteiger partial charge in [-0.2, -0.15) is 19.3 Å². The number of sulfonamides is 1. The van der Waals surface area contributed by atoms with E-state index in [0.29, 0.717) is 31.5 Å². The predicted molar refractivity (Wildman–Crippen MR) is 139 cm³/mol. The molecule has 4 heterocycles. The van der Waals surface area contributed by atoms with Crippen LogP contribution >= 0.6 is 0 Å². The van der Waals surface area contributed by atoms with Crippen molar-refractivity contribution < 1.29 is 17.6 Å². The van der Waals surface area contributed by atoms with Crippen molar-refractivity contribution in [3.8, 4) is 5.69 Å². The molecule has 2 atom stereocenters. The molecule has 10 nitrogen and oxygen atoms in total. The van der Waals surface area contributed by atoms with Crippen LogP contribution in [0.25, 0.3) is 5.69 Å². The van der Waals surface area contributed by atoms with E-state index in [0.717, 1.165) is 23.4 Å². The highest BCUT2D eigenvalue weighted by atomic mass is 32.2. The maximum atomic E-state index is 14.2. The number of carbonyl (C=O) groups excluding carboxylic acids is 1. The first-order valence-corrected chi connectivity index (χ1v) is 14.4. The number of halogens is 1. The number of Topliss-reactive ketones (excluding diaryl/α,β-unsaturated/α-hetero) is 1. The summed E-state index contributed by atoms with van der Waals surface area (Å²) in [6.45, 7) is 2.74. The van der Waals surface area contributed by atoms with Crippen LogP contribution < -0.4 is 0 Å². The molecule has 2 aliphatic rings. The lowest BCUT2D eigenvalue weighted by Crippen LogP contribution is -2.57. The van der Waals surface area contributed by atoms with Crippen molar-refractivity contribution in [1.82, 2.24) is 34.1 Å². The molecule has 2 unspecified atom stereocenters. The Morgan fingerprint density at radius 3 is 2.69 bits per heavy atom. The van der Waals surface area contributed by atoms with E-state index < -0.39 is 15.4 Å². The average molecular weight is 550 g/mol. The number of aryl methyl sites for hydroxylation is 1. The van der Waals surface area contributed by atoms with Gasteiger partial charge in [0.05, 0.1) is 30.0 Å². The van der Waals surface area contributed by atoms with Crippen molar-refractivity contribution in [2.24, 2.45) is 11.3 Å². The Kier molecular flexibility index (Phi) is 6.38. The van der Waals surface area contributed by atoms with Crippen LogP contribution in [0.4, 0.5) is 4.39 Å². The fraction of sp³-hybridized carbons (Fsp3) is 0.370. The standard InChI is InChI=1S/C27H28FN7O3S/c1-2-12-34-30-17-25(32-34)39(37,38)33-13-10-20-14-24-19(16-31-35(24)22-8-6-21(28)7-9-22)15-27(20,18-33)26(36)23-5-3-4-11-29-23/h3-9,11,16-17,20H,2,10,12-15,18H2,1H3. The number of benzene rings is 1. The van der Waals surface area contributed by atoms with Crippen molar-refractivity contribution in [1.29, 1.82) is 0 Å². The molecule has 0 spiro atoms. The average Bonchev–Trinajstić information content (AvgIpc) is 3.59. The van der Waals surface area contributed by atoms with Gasteiger partial charge in [0.1, 0.15) is 11.5 Å². The van der Waals surface area contributed by atoms with E-state index in [1.807, 2.05) is 6.92 Å². The van der Waals surface area contributed by atoms with Gasteiger partial charge in [0.15, 0.2) is 5.78 Å². The van der Waals surface area contributed by atoms with Crippen LogP contribution in [0, 0.1) is 17.2 Å². The first kappa shape index (κ1) is 25.5. The Labute approximate surface area is 225 Å². The largest absolute Gasteiger partial charge is 0.292 e. The minimum Gasteiger partial charge on any atom is -0.292 e. The summed E-state index contributed by atoms with van der Waals surface area (Å²) in [6, 6.07) is 11.3. The Balaban J connectivity index is 1.40. The molecule has 12 heteroatoms. The number of rotatable bonds is 7. The number of fused-ring (bicyclic) bond motifs is 2. The summed E-state index contributed by atoms with van der Waals surface area (Å²) >= 11 is 0. The molecule has 1 aliphatic carbocycles. The summed E-state index contributed by atoms with van der Waals surface area (Å²) in [4.78, 5) is 19.9. The molecule has 0 radical (unpaired) electrons. The molecule has 1 fully saturated rings. The monoisotopic (exact) mass is 549 g/mol. The van der Waals surface area contributed by atoms with Crippen molar-refractivity contribution >= 4 is 15.8 Å². The van der Waals surface area contributed by atoms with E-state index in [4.69, 9.17) is 0 Å². The van der Waals surface area contributed by atoms with Crippen LogP contribution in [0.1, 0.15) is 41.5 Å². The topological polar surface area (TPSA) is 116 Å². The molecule has 39 heavy (non-hydrogen) atoms. The number of nitrogens with zero attached hydrogens (tertiary/aromatic N) is 7. The van der Waals surface area contributed by atoms with Crippen molar-refractivity contribution in [2.45, 2.75) is 44.2 Å². The zero-order valence-corrected chi connectivity index (χ0v) is 22.3. The lowest BCUT2D eigenvalue weighted by Gasteiger charge is -2.48. The van der Waals surface area contributed by atoms with E-state index >= 15 is 0 Å². The summed E-state index contributed by atoms with van der Waals surface area (Å²) in [5.41, 5.74) is 1.84. The minimum absolute atomic E-state index is 0.0111. The van der Waals surface area contributed by atoms with Gasteiger partial charge in [0.25, 0.3) is 10.0 Å². The van der Waals surface area contributed by atoms with Gasteiger partial charge in [-0.15, -0.1) is 5.10 Å². The van der Waals surface area contributed by atoms with Crippen LogP contribution in [-0.2, 0) is 29.4 Å². The quantitative estimate of drug-likeness (QED) is 0.325. The van der Waals surface area contributed by atoms with Gasteiger partial charge < -0.3 is 0 Å². The molecule has 1 aliphatic heterocycles. The number of hydrogen-bond acceptors (Lipinski definition) is 7. The maximum Gasteiger partial charge on any atom is 0.264 e. The Bertz CT molecular complexity index is 1620. The maximum absolute atomic E-state index is 14.2. The molecule has 0 N–H and O–H groups in total. The zero-order valence-electron chi connectivity index (χ0n) is 21.4. The second-order valence-corrected chi connectivity index (χ2v) is 12.1. The van der Waals surface area contributed by atoms with Crippen LogP contribution in [-0.4, -0.2) is 61.4 Å². The second kappa shape index (κ2) is 9.76. The van der Waals surface area contributed by atoms with E-state index in [1.54, 1.807) is 47.4 Å². The van der Waals surface area contributed by atoms with Gasteiger partial charge in [-0.3, -0.25) is 9.78 Å². The molecule has 202 valence electrons. The zero-order chi connectivity index (χ0) is 27.2. The van der Waals surface area contributed by atoms with Crippen LogP contribution in [0.5, 0.6) is 0 Å². The molecule has 0 bridgehead atoms. The van der Waals surface area contributed by atoms with E-state index in [-0.39, 0.29) is 35.6 Å². The van der Waals surface area contributed by atoms with Crippen LogP contribution in [0.3, 0.4) is 0 Å². The fourth-order valence-electron chi connectivity index (χ4n) is 5.88. The lowest BCUT2D eigenvalue weighted by atomic mass is 9.60. The second-order valence-electron chi connectivity index (χ2n) is 10.2. The number of carbonyl (C=O) groups is 1. The number of ketones is 1. The van der Waals surface area contributed by atoms with Gasteiger partial charge in [0, 0.05) is 25.0 Å². The molecule has 0 saturated carbocycles. The number of pyridine rings is 1. The molecular formula is C27H28FN7O3S. The Morgan fingerprint density at radius 1 is 1.13 bits per heavy atom. The molecule has 1 aromatic carbocycles. The summed E-state index contributed by atoms with van der Waals surface area (Å²) in [7, 11) is -3.97. The molecule has 4 aromatic rings. The van der Waals surface area contributed by atoms with Gasteiger partial charge >= 0.3 is 0 Å². The summed E-state index contributed by atoms with van der Waals surface area (Å²) in [5.74, 6) is -0.650. The summed E-state index contributed by atoms with van der Waals surface area (Å²) in [5, 5.41) is 12.8. The number of aromatic nitrogens is 6. The summed E-state index contributed by atoms with van der Waals surface area (Å²) in [6.07, 6.45) is 6.68.